The van der Waals surface area contributed by atoms with Crippen LogP contribution in [0.2, 0.25) is 0 Å². The Bertz CT molecular complexity index is 698. The summed E-state index contributed by atoms with van der Waals surface area (Å²) in [6, 6.07) is 8.15. The second-order valence-corrected chi connectivity index (χ2v) is 6.43. The number of benzene rings is 1. The molecule has 2 aliphatic rings. The van der Waals surface area contributed by atoms with E-state index in [2.05, 4.69) is 32.5 Å². The molecule has 23 heavy (non-hydrogen) atoms. The lowest BCUT2D eigenvalue weighted by molar-refractivity contribution is 0.102. The van der Waals surface area contributed by atoms with Crippen LogP contribution in [0.5, 0.6) is 0 Å². The number of nitrogens with one attached hydrogen (secondary N) is 2. The van der Waals surface area contributed by atoms with Crippen molar-refractivity contribution >= 4 is 17.3 Å². The minimum absolute atomic E-state index is 0.116. The minimum atomic E-state index is -0.116. The number of carbonyl (C=O) groups excluding carboxylic acids is 1. The Hall–Kier alpha value is -2.30. The van der Waals surface area contributed by atoms with Crippen molar-refractivity contribution in [1.82, 2.24) is 10.2 Å². The molecule has 5 heteroatoms. The first-order valence-electron chi connectivity index (χ1n) is 8.54. The van der Waals surface area contributed by atoms with Gasteiger partial charge in [-0.1, -0.05) is 0 Å². The third-order valence-corrected chi connectivity index (χ3v) is 4.87. The molecule has 0 bridgehead atoms. The zero-order valence-corrected chi connectivity index (χ0v) is 13.3. The van der Waals surface area contributed by atoms with Crippen LogP contribution in [0.15, 0.2) is 24.3 Å². The van der Waals surface area contributed by atoms with Crippen molar-refractivity contribution < 1.29 is 4.79 Å². The van der Waals surface area contributed by atoms with E-state index in [0.29, 0.717) is 5.69 Å². The average Bonchev–Trinajstić information content (AvgIpc) is 3.19. The normalized spacial score (nSPS) is 17.1. The van der Waals surface area contributed by atoms with Gasteiger partial charge in [-0.3, -0.25) is 9.89 Å². The number of nitrogens with zero attached hydrogens (tertiary/aromatic N) is 2. The highest BCUT2D eigenvalue weighted by Crippen LogP contribution is 2.25. The molecule has 0 atom stereocenters. The highest BCUT2D eigenvalue weighted by atomic mass is 16.1. The van der Waals surface area contributed by atoms with E-state index < -0.39 is 0 Å². The number of rotatable bonds is 3. The standard InChI is InChI=1S/C18H22N4O/c23-18(17-15-5-4-6-16(15)20-21-17)19-13-7-9-14(10-8-13)22-11-2-1-3-12-22/h7-10H,1-6,11-12H2,(H,19,23)(H,20,21). The molecule has 1 aliphatic carbocycles. The highest BCUT2D eigenvalue weighted by Gasteiger charge is 2.23. The number of piperidine rings is 1. The van der Waals surface area contributed by atoms with E-state index in [4.69, 9.17) is 0 Å². The fourth-order valence-electron chi connectivity index (χ4n) is 3.61. The van der Waals surface area contributed by atoms with Crippen LogP contribution in [0.1, 0.15) is 47.4 Å². The Kier molecular flexibility index (Phi) is 3.77. The number of anilines is 2. The average molecular weight is 310 g/mol. The maximum Gasteiger partial charge on any atom is 0.276 e. The molecule has 5 nitrogen and oxygen atoms in total. The second-order valence-electron chi connectivity index (χ2n) is 6.43. The molecule has 1 aliphatic heterocycles. The molecular formula is C18H22N4O. The largest absolute Gasteiger partial charge is 0.372 e. The third kappa shape index (κ3) is 2.83. The molecular weight excluding hydrogens is 288 g/mol. The number of fused-ring (bicyclic) bond motifs is 1. The summed E-state index contributed by atoms with van der Waals surface area (Å²) < 4.78 is 0. The topological polar surface area (TPSA) is 61.0 Å². The molecule has 2 aromatic rings. The van der Waals surface area contributed by atoms with Crippen LogP contribution in [0.4, 0.5) is 11.4 Å². The van der Waals surface area contributed by atoms with Gasteiger partial charge in [0.2, 0.25) is 0 Å². The molecule has 2 heterocycles. The molecule has 1 aromatic heterocycles. The van der Waals surface area contributed by atoms with Gasteiger partial charge in [-0.15, -0.1) is 0 Å². The van der Waals surface area contributed by atoms with Crippen LogP contribution >= 0.6 is 0 Å². The van der Waals surface area contributed by atoms with Crippen LogP contribution < -0.4 is 10.2 Å². The van der Waals surface area contributed by atoms with Gasteiger partial charge in [0, 0.05) is 35.7 Å². The molecule has 1 amide bonds. The monoisotopic (exact) mass is 310 g/mol. The van der Waals surface area contributed by atoms with Crippen molar-refractivity contribution in [3.63, 3.8) is 0 Å². The molecule has 0 radical (unpaired) electrons. The lowest BCUT2D eigenvalue weighted by Gasteiger charge is -2.28. The second kappa shape index (κ2) is 6.07. The van der Waals surface area contributed by atoms with E-state index in [1.807, 2.05) is 12.1 Å². The lowest BCUT2D eigenvalue weighted by atomic mass is 10.1. The third-order valence-electron chi connectivity index (χ3n) is 4.87. The Balaban J connectivity index is 1.45. The van der Waals surface area contributed by atoms with Gasteiger partial charge in [0.1, 0.15) is 0 Å². The number of H-pyrrole nitrogens is 1. The SMILES string of the molecule is O=C(Nc1ccc(N2CCCCC2)cc1)c1n[nH]c2c1CCC2. The van der Waals surface area contributed by atoms with Crippen molar-refractivity contribution in [3.05, 3.63) is 41.2 Å². The fourth-order valence-corrected chi connectivity index (χ4v) is 3.61. The van der Waals surface area contributed by atoms with Gasteiger partial charge in [-0.25, -0.2) is 0 Å². The first-order chi connectivity index (χ1) is 11.3. The first-order valence-corrected chi connectivity index (χ1v) is 8.54. The number of hydrogen-bond donors (Lipinski definition) is 2. The smallest absolute Gasteiger partial charge is 0.276 e. The van der Waals surface area contributed by atoms with E-state index >= 15 is 0 Å². The van der Waals surface area contributed by atoms with Gasteiger partial charge in [0.15, 0.2) is 5.69 Å². The summed E-state index contributed by atoms with van der Waals surface area (Å²) in [6.45, 7) is 2.26. The fraction of sp³-hybridized carbons (Fsp3) is 0.444. The molecule has 120 valence electrons. The molecule has 0 unspecified atom stereocenters. The molecule has 0 spiro atoms. The summed E-state index contributed by atoms with van der Waals surface area (Å²) >= 11 is 0. The predicted octanol–water partition coefficient (Wildman–Crippen LogP) is 3.14. The molecule has 1 aromatic carbocycles. The number of aryl methyl sites for hydroxylation is 1. The van der Waals surface area contributed by atoms with Gasteiger partial charge in [-0.2, -0.15) is 5.10 Å². The summed E-state index contributed by atoms with van der Waals surface area (Å²) in [7, 11) is 0. The Morgan fingerprint density at radius 2 is 1.83 bits per heavy atom. The first kappa shape index (κ1) is 14.3. The number of amides is 1. The summed E-state index contributed by atoms with van der Waals surface area (Å²) in [6.07, 6.45) is 6.92. The maximum atomic E-state index is 12.4. The van der Waals surface area contributed by atoms with Crippen LogP contribution in [-0.2, 0) is 12.8 Å². The van der Waals surface area contributed by atoms with Gasteiger partial charge < -0.3 is 10.2 Å². The van der Waals surface area contributed by atoms with Gasteiger partial charge in [0.05, 0.1) is 0 Å². The Morgan fingerprint density at radius 3 is 2.61 bits per heavy atom. The molecule has 1 fully saturated rings. The van der Waals surface area contributed by atoms with E-state index in [-0.39, 0.29) is 5.91 Å². The van der Waals surface area contributed by atoms with E-state index in [9.17, 15) is 4.79 Å². The summed E-state index contributed by atoms with van der Waals surface area (Å²) in [5, 5.41) is 10.1. The van der Waals surface area contributed by atoms with E-state index in [1.165, 1.54) is 24.9 Å². The quantitative estimate of drug-likeness (QED) is 0.915. The summed E-state index contributed by atoms with van der Waals surface area (Å²) in [4.78, 5) is 14.8. The molecule has 2 N–H and O–H groups in total. The zero-order chi connectivity index (χ0) is 15.6. The number of hydrogen-bond acceptors (Lipinski definition) is 3. The molecule has 4 rings (SSSR count). The van der Waals surface area contributed by atoms with Crippen molar-refractivity contribution in [1.29, 1.82) is 0 Å². The molecule has 0 saturated carbocycles. The number of aromatic nitrogens is 2. The van der Waals surface area contributed by atoms with E-state index in [1.54, 1.807) is 0 Å². The van der Waals surface area contributed by atoms with Crippen molar-refractivity contribution in [2.75, 3.05) is 23.3 Å². The maximum absolute atomic E-state index is 12.4. The lowest BCUT2D eigenvalue weighted by Crippen LogP contribution is -2.29. The van der Waals surface area contributed by atoms with Gasteiger partial charge >= 0.3 is 0 Å². The van der Waals surface area contributed by atoms with Crippen LogP contribution in [-0.4, -0.2) is 29.2 Å². The minimum Gasteiger partial charge on any atom is -0.372 e. The van der Waals surface area contributed by atoms with Crippen LogP contribution in [0.25, 0.3) is 0 Å². The zero-order valence-electron chi connectivity index (χ0n) is 13.3. The van der Waals surface area contributed by atoms with Crippen LogP contribution in [0.3, 0.4) is 0 Å². The van der Waals surface area contributed by atoms with Gasteiger partial charge in [0.25, 0.3) is 5.91 Å². The van der Waals surface area contributed by atoms with Gasteiger partial charge in [-0.05, 0) is 62.8 Å². The van der Waals surface area contributed by atoms with Crippen molar-refractivity contribution in [2.24, 2.45) is 0 Å². The Labute approximate surface area is 136 Å². The van der Waals surface area contributed by atoms with Crippen molar-refractivity contribution in [2.45, 2.75) is 38.5 Å². The summed E-state index contributed by atoms with van der Waals surface area (Å²) in [5.74, 6) is -0.116. The summed E-state index contributed by atoms with van der Waals surface area (Å²) in [5.41, 5.74) is 4.83. The number of carbonyl (C=O) groups is 1. The Morgan fingerprint density at radius 1 is 1.04 bits per heavy atom. The highest BCUT2D eigenvalue weighted by molar-refractivity contribution is 6.04. The predicted molar refractivity (Wildman–Crippen MR) is 91.1 cm³/mol. The molecule has 1 saturated heterocycles. The number of aromatic amines is 1. The van der Waals surface area contributed by atoms with Crippen LogP contribution in [0, 0.1) is 0 Å². The van der Waals surface area contributed by atoms with Crippen molar-refractivity contribution in [3.8, 4) is 0 Å². The van der Waals surface area contributed by atoms with E-state index in [0.717, 1.165) is 49.3 Å².